The first-order valence-corrected chi connectivity index (χ1v) is 9.08. The molecule has 2 aromatic carbocycles. The molecular weight excluding hydrogens is 354 g/mol. The Balaban J connectivity index is 1.50. The lowest BCUT2D eigenvalue weighted by Crippen LogP contribution is -2.25. The summed E-state index contributed by atoms with van der Waals surface area (Å²) in [6, 6.07) is 15.4. The predicted octanol–water partition coefficient (Wildman–Crippen LogP) is 3.60. The largest absolute Gasteiger partial charge is 0.453 e. The number of ether oxygens (including phenoxy) is 1. The van der Waals surface area contributed by atoms with Crippen molar-refractivity contribution in [1.82, 2.24) is 10.2 Å². The van der Waals surface area contributed by atoms with Crippen molar-refractivity contribution in [1.29, 1.82) is 0 Å². The fraction of sp³-hybridized carbons (Fsp3) is 0.227. The van der Waals surface area contributed by atoms with Gasteiger partial charge in [0.15, 0.2) is 18.1 Å². The molecule has 6 nitrogen and oxygen atoms in total. The van der Waals surface area contributed by atoms with Crippen molar-refractivity contribution in [3.05, 3.63) is 71.6 Å². The first kappa shape index (κ1) is 18.0. The van der Waals surface area contributed by atoms with E-state index in [0.29, 0.717) is 5.39 Å². The van der Waals surface area contributed by atoms with E-state index in [9.17, 15) is 9.59 Å². The normalized spacial score (nSPS) is 16.4. The van der Waals surface area contributed by atoms with E-state index in [1.165, 1.54) is 0 Å². The number of aromatic nitrogens is 2. The molecule has 1 aliphatic heterocycles. The molecule has 3 aromatic rings. The van der Waals surface area contributed by atoms with Crippen molar-refractivity contribution in [2.75, 3.05) is 18.6 Å². The average molecular weight is 375 g/mol. The van der Waals surface area contributed by atoms with Crippen molar-refractivity contribution >= 4 is 28.3 Å². The monoisotopic (exact) mass is 375 g/mol. The Labute approximate surface area is 162 Å². The zero-order valence-corrected chi connectivity index (χ0v) is 16.0. The Morgan fingerprint density at radius 3 is 2.64 bits per heavy atom. The van der Waals surface area contributed by atoms with Gasteiger partial charge in [0.1, 0.15) is 0 Å². The lowest BCUT2D eigenvalue weighted by atomic mass is 9.83. The van der Waals surface area contributed by atoms with Gasteiger partial charge in [0.2, 0.25) is 0 Å². The molecule has 4 rings (SSSR count). The molecule has 0 aliphatic carbocycles. The van der Waals surface area contributed by atoms with E-state index in [-0.39, 0.29) is 23.5 Å². The summed E-state index contributed by atoms with van der Waals surface area (Å²) in [6.45, 7) is 3.83. The second-order valence-corrected chi connectivity index (χ2v) is 7.39. The van der Waals surface area contributed by atoms with E-state index in [0.717, 1.165) is 22.5 Å². The molecule has 1 aromatic heterocycles. The number of H-pyrrole nitrogens is 1. The SMILES string of the molecule is CN1/C(=C\C(=O)COC(=O)c2n[nH]c3ccccc23)C(C)(C)c2ccccc21. The summed E-state index contributed by atoms with van der Waals surface area (Å²) in [5.41, 5.74) is 3.74. The third kappa shape index (κ3) is 2.87. The summed E-state index contributed by atoms with van der Waals surface area (Å²) < 4.78 is 5.21. The van der Waals surface area contributed by atoms with Crippen molar-refractivity contribution in [3.63, 3.8) is 0 Å². The van der Waals surface area contributed by atoms with E-state index in [4.69, 9.17) is 4.74 Å². The van der Waals surface area contributed by atoms with E-state index < -0.39 is 5.97 Å². The number of allylic oxidation sites excluding steroid dienone is 1. The summed E-state index contributed by atoms with van der Waals surface area (Å²) in [4.78, 5) is 26.9. The van der Waals surface area contributed by atoms with Crippen LogP contribution in [0, 0.1) is 0 Å². The van der Waals surface area contributed by atoms with Gasteiger partial charge >= 0.3 is 5.97 Å². The molecule has 28 heavy (non-hydrogen) atoms. The topological polar surface area (TPSA) is 75.3 Å². The number of fused-ring (bicyclic) bond motifs is 2. The second-order valence-electron chi connectivity index (χ2n) is 7.39. The van der Waals surface area contributed by atoms with Crippen LogP contribution in [0.4, 0.5) is 5.69 Å². The number of aromatic amines is 1. The van der Waals surface area contributed by atoms with Crippen LogP contribution in [0.1, 0.15) is 29.9 Å². The maximum atomic E-state index is 12.5. The van der Waals surface area contributed by atoms with Gasteiger partial charge in [0, 0.05) is 35.3 Å². The average Bonchev–Trinajstić information content (AvgIpc) is 3.20. The van der Waals surface area contributed by atoms with Crippen LogP contribution in [-0.4, -0.2) is 35.6 Å². The maximum Gasteiger partial charge on any atom is 0.359 e. The fourth-order valence-corrected chi connectivity index (χ4v) is 3.78. The molecule has 0 saturated carbocycles. The number of esters is 1. The maximum absolute atomic E-state index is 12.5. The number of carbonyl (C=O) groups is 2. The molecule has 0 unspecified atom stereocenters. The first-order valence-electron chi connectivity index (χ1n) is 9.08. The highest BCUT2D eigenvalue weighted by Gasteiger charge is 2.38. The number of nitrogens with one attached hydrogen (secondary N) is 1. The summed E-state index contributed by atoms with van der Waals surface area (Å²) in [5, 5.41) is 7.46. The molecule has 1 aliphatic rings. The van der Waals surface area contributed by atoms with Crippen molar-refractivity contribution < 1.29 is 14.3 Å². The Kier molecular flexibility index (Phi) is 4.26. The molecule has 0 fully saturated rings. The lowest BCUT2D eigenvalue weighted by molar-refractivity contribution is -0.117. The molecule has 0 amide bonds. The second kappa shape index (κ2) is 6.64. The predicted molar refractivity (Wildman–Crippen MR) is 107 cm³/mol. The number of nitrogens with zero attached hydrogens (tertiary/aromatic N) is 2. The number of likely N-dealkylation sites (N-methyl/N-ethyl adjacent to an activating group) is 1. The van der Waals surface area contributed by atoms with Gasteiger partial charge in [-0.1, -0.05) is 50.2 Å². The van der Waals surface area contributed by atoms with Crippen LogP contribution >= 0.6 is 0 Å². The Morgan fingerprint density at radius 2 is 1.86 bits per heavy atom. The van der Waals surface area contributed by atoms with Gasteiger partial charge in [-0.15, -0.1) is 0 Å². The number of rotatable bonds is 4. The zero-order valence-electron chi connectivity index (χ0n) is 16.0. The standard InChI is InChI=1S/C22H21N3O3/c1-22(2)16-9-5-7-11-18(16)25(3)19(22)12-14(26)13-28-21(27)20-15-8-4-6-10-17(15)23-24-20/h4-12H,13H2,1-3H3,(H,23,24)/b19-12-. The minimum absolute atomic E-state index is 0.182. The Morgan fingerprint density at radius 1 is 1.14 bits per heavy atom. The molecule has 6 heteroatoms. The lowest BCUT2D eigenvalue weighted by Gasteiger charge is -2.23. The summed E-state index contributed by atoms with van der Waals surface area (Å²) in [5.74, 6) is -0.887. The summed E-state index contributed by atoms with van der Waals surface area (Å²) in [7, 11) is 1.94. The van der Waals surface area contributed by atoms with Crippen LogP contribution in [0.3, 0.4) is 0 Å². The van der Waals surface area contributed by atoms with Crippen LogP contribution < -0.4 is 4.90 Å². The third-order valence-corrected chi connectivity index (χ3v) is 5.25. The van der Waals surface area contributed by atoms with Crippen molar-refractivity contribution in [2.24, 2.45) is 0 Å². The molecule has 0 spiro atoms. The Bertz CT molecular complexity index is 1110. The van der Waals surface area contributed by atoms with Gasteiger partial charge in [-0.05, 0) is 17.7 Å². The molecular formula is C22H21N3O3. The number of carbonyl (C=O) groups excluding carboxylic acids is 2. The van der Waals surface area contributed by atoms with E-state index >= 15 is 0 Å². The molecule has 1 N–H and O–H groups in total. The van der Waals surface area contributed by atoms with Crippen molar-refractivity contribution in [2.45, 2.75) is 19.3 Å². The van der Waals surface area contributed by atoms with Crippen LogP contribution in [0.15, 0.2) is 60.3 Å². The van der Waals surface area contributed by atoms with Gasteiger partial charge in [-0.2, -0.15) is 5.10 Å². The minimum Gasteiger partial charge on any atom is -0.453 e. The number of hydrogen-bond donors (Lipinski definition) is 1. The molecule has 0 bridgehead atoms. The van der Waals surface area contributed by atoms with E-state index in [1.807, 2.05) is 48.3 Å². The van der Waals surface area contributed by atoms with Gasteiger partial charge in [0.25, 0.3) is 0 Å². The number of anilines is 1. The number of benzene rings is 2. The highest BCUT2D eigenvalue weighted by molar-refractivity contribution is 6.03. The molecule has 0 atom stereocenters. The van der Waals surface area contributed by atoms with E-state index in [2.05, 4.69) is 30.1 Å². The summed E-state index contributed by atoms with van der Waals surface area (Å²) in [6.07, 6.45) is 1.57. The molecule has 2 heterocycles. The summed E-state index contributed by atoms with van der Waals surface area (Å²) >= 11 is 0. The first-order chi connectivity index (χ1) is 13.4. The highest BCUT2D eigenvalue weighted by atomic mass is 16.5. The Hall–Kier alpha value is -3.41. The smallest absolute Gasteiger partial charge is 0.359 e. The number of ketones is 1. The fourth-order valence-electron chi connectivity index (χ4n) is 3.78. The quantitative estimate of drug-likeness (QED) is 0.557. The van der Waals surface area contributed by atoms with Crippen molar-refractivity contribution in [3.8, 4) is 0 Å². The third-order valence-electron chi connectivity index (χ3n) is 5.25. The zero-order chi connectivity index (χ0) is 19.9. The molecule has 0 saturated heterocycles. The van der Waals surface area contributed by atoms with Gasteiger partial charge < -0.3 is 9.64 Å². The minimum atomic E-state index is -0.619. The number of hydrogen-bond acceptors (Lipinski definition) is 5. The van der Waals surface area contributed by atoms with Gasteiger partial charge in [-0.3, -0.25) is 9.89 Å². The molecule has 0 radical (unpaired) electrons. The van der Waals surface area contributed by atoms with Crippen LogP contribution in [0.5, 0.6) is 0 Å². The highest BCUT2D eigenvalue weighted by Crippen LogP contribution is 2.46. The van der Waals surface area contributed by atoms with Crippen LogP contribution in [0.2, 0.25) is 0 Å². The van der Waals surface area contributed by atoms with Gasteiger partial charge in [-0.25, -0.2) is 4.79 Å². The van der Waals surface area contributed by atoms with E-state index in [1.54, 1.807) is 12.1 Å². The van der Waals surface area contributed by atoms with Crippen LogP contribution in [0.25, 0.3) is 10.9 Å². The number of para-hydroxylation sites is 2. The van der Waals surface area contributed by atoms with Gasteiger partial charge in [0.05, 0.1) is 5.52 Å². The van der Waals surface area contributed by atoms with Crippen LogP contribution in [-0.2, 0) is 14.9 Å². The molecule has 142 valence electrons.